The maximum absolute atomic E-state index is 13.5. The van der Waals surface area contributed by atoms with E-state index in [4.69, 9.17) is 4.74 Å². The molecule has 0 aliphatic heterocycles. The maximum Gasteiger partial charge on any atom is 0.230 e. The summed E-state index contributed by atoms with van der Waals surface area (Å²) in [5, 5.41) is 5.15. The number of aryl methyl sites for hydroxylation is 1. The van der Waals surface area contributed by atoms with Crippen LogP contribution < -0.4 is 10.1 Å². The zero-order valence-corrected chi connectivity index (χ0v) is 14.5. The zero-order chi connectivity index (χ0) is 17.6. The Kier molecular flexibility index (Phi) is 5.40. The Balaban J connectivity index is 1.53. The highest BCUT2D eigenvalue weighted by Crippen LogP contribution is 2.17. The second-order valence-electron chi connectivity index (χ2n) is 5.54. The molecule has 1 amide bonds. The van der Waals surface area contributed by atoms with Crippen molar-refractivity contribution in [1.29, 1.82) is 0 Å². The first-order valence-electron chi connectivity index (χ1n) is 7.77. The molecule has 1 N–H and O–H groups in total. The van der Waals surface area contributed by atoms with Crippen LogP contribution in [0.2, 0.25) is 0 Å². The van der Waals surface area contributed by atoms with Crippen LogP contribution in [0.5, 0.6) is 5.75 Å². The summed E-state index contributed by atoms with van der Waals surface area (Å²) in [6.07, 6.45) is 0.0926. The number of benzene rings is 2. The average molecular weight is 356 g/mol. The van der Waals surface area contributed by atoms with Gasteiger partial charge >= 0.3 is 0 Å². The van der Waals surface area contributed by atoms with Gasteiger partial charge in [-0.05, 0) is 31.2 Å². The van der Waals surface area contributed by atoms with Crippen LogP contribution >= 0.6 is 11.3 Å². The average Bonchev–Trinajstić information content (AvgIpc) is 3.04. The molecular weight excluding hydrogens is 339 g/mol. The Morgan fingerprint density at radius 1 is 1.20 bits per heavy atom. The van der Waals surface area contributed by atoms with Crippen molar-refractivity contribution in [3.05, 3.63) is 76.0 Å². The fourth-order valence-electron chi connectivity index (χ4n) is 2.20. The van der Waals surface area contributed by atoms with Gasteiger partial charge in [0, 0.05) is 5.38 Å². The van der Waals surface area contributed by atoms with Gasteiger partial charge in [-0.15, -0.1) is 11.3 Å². The van der Waals surface area contributed by atoms with E-state index in [1.807, 2.05) is 36.6 Å². The fourth-order valence-corrected chi connectivity index (χ4v) is 2.90. The predicted octanol–water partition coefficient (Wildman–Crippen LogP) is 4.35. The molecule has 0 unspecified atom stereocenters. The molecule has 25 heavy (non-hydrogen) atoms. The molecule has 0 saturated carbocycles. The molecule has 0 bridgehead atoms. The Hall–Kier alpha value is -2.73. The Bertz CT molecular complexity index is 862. The quantitative estimate of drug-likeness (QED) is 0.714. The van der Waals surface area contributed by atoms with E-state index in [9.17, 15) is 9.18 Å². The minimum atomic E-state index is -0.457. The minimum Gasteiger partial charge on any atom is -0.486 e. The number of carbonyl (C=O) groups is 1. The summed E-state index contributed by atoms with van der Waals surface area (Å²) in [6.45, 7) is 2.37. The molecule has 128 valence electrons. The van der Waals surface area contributed by atoms with Crippen LogP contribution in [-0.4, -0.2) is 10.9 Å². The molecule has 3 aromatic rings. The maximum atomic E-state index is 13.5. The van der Waals surface area contributed by atoms with Gasteiger partial charge in [0.1, 0.15) is 23.2 Å². The van der Waals surface area contributed by atoms with Gasteiger partial charge in [-0.1, -0.05) is 29.8 Å². The van der Waals surface area contributed by atoms with Crippen molar-refractivity contribution in [3.63, 3.8) is 0 Å². The first-order chi connectivity index (χ1) is 12.1. The van der Waals surface area contributed by atoms with Crippen LogP contribution in [0.25, 0.3) is 0 Å². The lowest BCUT2D eigenvalue weighted by Gasteiger charge is -2.05. The number of aromatic nitrogens is 1. The highest BCUT2D eigenvalue weighted by atomic mass is 32.1. The molecular formula is C19H17FN2O2S. The summed E-state index contributed by atoms with van der Waals surface area (Å²) < 4.78 is 19.2. The van der Waals surface area contributed by atoms with Gasteiger partial charge in [0.05, 0.1) is 17.8 Å². The van der Waals surface area contributed by atoms with E-state index < -0.39 is 5.82 Å². The first kappa shape index (κ1) is 17.1. The third-order valence-electron chi connectivity index (χ3n) is 3.47. The van der Waals surface area contributed by atoms with Gasteiger partial charge in [0.25, 0.3) is 0 Å². The van der Waals surface area contributed by atoms with Crippen LogP contribution in [0.1, 0.15) is 16.3 Å². The summed E-state index contributed by atoms with van der Waals surface area (Å²) in [5.74, 6) is 0.0161. The summed E-state index contributed by atoms with van der Waals surface area (Å²) in [6, 6.07) is 13.9. The van der Waals surface area contributed by atoms with E-state index in [0.29, 0.717) is 12.3 Å². The molecule has 1 heterocycles. The molecule has 0 saturated heterocycles. The van der Waals surface area contributed by atoms with E-state index in [-0.39, 0.29) is 18.0 Å². The Labute approximate surface area is 149 Å². The van der Waals surface area contributed by atoms with Crippen molar-refractivity contribution in [1.82, 2.24) is 4.98 Å². The van der Waals surface area contributed by atoms with Crippen molar-refractivity contribution in [2.45, 2.75) is 20.0 Å². The zero-order valence-electron chi connectivity index (χ0n) is 13.7. The van der Waals surface area contributed by atoms with Gasteiger partial charge in [-0.25, -0.2) is 9.37 Å². The van der Waals surface area contributed by atoms with Gasteiger partial charge in [0.2, 0.25) is 5.91 Å². The van der Waals surface area contributed by atoms with E-state index >= 15 is 0 Å². The van der Waals surface area contributed by atoms with Crippen molar-refractivity contribution >= 4 is 22.9 Å². The van der Waals surface area contributed by atoms with Crippen LogP contribution in [0.3, 0.4) is 0 Å². The molecule has 1 aromatic heterocycles. The number of anilines is 1. The normalized spacial score (nSPS) is 10.5. The number of ether oxygens (including phenoxy) is 1. The number of hydrogen-bond acceptors (Lipinski definition) is 4. The summed E-state index contributed by atoms with van der Waals surface area (Å²) in [5.41, 5.74) is 1.98. The largest absolute Gasteiger partial charge is 0.486 e. The minimum absolute atomic E-state index is 0.0926. The van der Waals surface area contributed by atoms with Gasteiger partial charge in [0.15, 0.2) is 0 Å². The molecule has 0 spiro atoms. The van der Waals surface area contributed by atoms with E-state index in [2.05, 4.69) is 10.3 Å². The molecule has 3 rings (SSSR count). The smallest absolute Gasteiger partial charge is 0.230 e. The molecule has 0 radical (unpaired) electrons. The summed E-state index contributed by atoms with van der Waals surface area (Å²) in [4.78, 5) is 16.4. The number of carbonyl (C=O) groups excluding carboxylic acids is 1. The molecule has 4 nitrogen and oxygen atoms in total. The molecule has 2 aromatic carbocycles. The Morgan fingerprint density at radius 3 is 2.72 bits per heavy atom. The molecule has 0 atom stereocenters. The third-order valence-corrected chi connectivity index (χ3v) is 4.34. The topological polar surface area (TPSA) is 51.2 Å². The highest BCUT2D eigenvalue weighted by molar-refractivity contribution is 7.09. The van der Waals surface area contributed by atoms with E-state index in [1.165, 1.54) is 29.0 Å². The standard InChI is InChI=1S/C19H17FN2O2S/c1-13-6-8-15(9-7-13)24-11-19-21-14(12-25-19)10-18(23)22-17-5-3-2-4-16(17)20/h2-9,12H,10-11H2,1H3,(H,22,23). The van der Waals surface area contributed by atoms with Crippen molar-refractivity contribution in [3.8, 4) is 5.75 Å². The first-order valence-corrected chi connectivity index (χ1v) is 8.65. The van der Waals surface area contributed by atoms with Gasteiger partial charge in [-0.3, -0.25) is 4.79 Å². The predicted molar refractivity (Wildman–Crippen MR) is 96.4 cm³/mol. The van der Waals surface area contributed by atoms with Crippen LogP contribution in [0.4, 0.5) is 10.1 Å². The number of para-hydroxylation sites is 1. The van der Waals surface area contributed by atoms with Gasteiger partial charge < -0.3 is 10.1 Å². The Morgan fingerprint density at radius 2 is 1.96 bits per heavy atom. The number of amides is 1. The molecule has 6 heteroatoms. The third kappa shape index (κ3) is 4.87. The monoisotopic (exact) mass is 356 g/mol. The van der Waals surface area contributed by atoms with Crippen LogP contribution in [0.15, 0.2) is 53.9 Å². The van der Waals surface area contributed by atoms with Crippen LogP contribution in [-0.2, 0) is 17.8 Å². The highest BCUT2D eigenvalue weighted by Gasteiger charge is 2.10. The number of nitrogens with zero attached hydrogens (tertiary/aromatic N) is 1. The van der Waals surface area contributed by atoms with E-state index in [0.717, 1.165) is 10.8 Å². The van der Waals surface area contributed by atoms with E-state index in [1.54, 1.807) is 12.1 Å². The number of thiazole rings is 1. The summed E-state index contributed by atoms with van der Waals surface area (Å²) in [7, 11) is 0. The molecule has 0 aliphatic carbocycles. The SMILES string of the molecule is Cc1ccc(OCc2nc(CC(=O)Nc3ccccc3F)cs2)cc1. The number of halogens is 1. The second-order valence-corrected chi connectivity index (χ2v) is 6.48. The van der Waals surface area contributed by atoms with Crippen molar-refractivity contribution in [2.75, 3.05) is 5.32 Å². The number of hydrogen-bond donors (Lipinski definition) is 1. The summed E-state index contributed by atoms with van der Waals surface area (Å²) >= 11 is 1.43. The molecule has 0 fully saturated rings. The lowest BCUT2D eigenvalue weighted by molar-refractivity contribution is -0.115. The lowest BCUT2D eigenvalue weighted by Crippen LogP contribution is -2.15. The second kappa shape index (κ2) is 7.90. The number of nitrogens with one attached hydrogen (secondary N) is 1. The van der Waals surface area contributed by atoms with Crippen LogP contribution in [0, 0.1) is 12.7 Å². The van der Waals surface area contributed by atoms with Crippen molar-refractivity contribution < 1.29 is 13.9 Å². The van der Waals surface area contributed by atoms with Crippen molar-refractivity contribution in [2.24, 2.45) is 0 Å². The fraction of sp³-hybridized carbons (Fsp3) is 0.158. The van der Waals surface area contributed by atoms with Gasteiger partial charge in [-0.2, -0.15) is 0 Å². The number of rotatable bonds is 6. The molecule has 0 aliphatic rings. The lowest BCUT2D eigenvalue weighted by atomic mass is 10.2.